The predicted molar refractivity (Wildman–Crippen MR) is 92.0 cm³/mol. The standard InChI is InChI=1S/C18H29ClN2/c1-3-17-10-5-4-6-12-21(17)13-11-18(20-2)15-8-7-9-16(19)14-15/h7-9,14,17-18,20H,3-6,10-13H2,1-2H3. The van der Waals surface area contributed by atoms with Crippen LogP contribution in [0.4, 0.5) is 0 Å². The lowest BCUT2D eigenvalue weighted by atomic mass is 10.0. The Kier molecular flexibility index (Phi) is 7.01. The number of halogens is 1. The molecule has 1 fully saturated rings. The van der Waals surface area contributed by atoms with E-state index in [9.17, 15) is 0 Å². The normalized spacial score (nSPS) is 22.0. The Balaban J connectivity index is 1.95. The van der Waals surface area contributed by atoms with E-state index in [1.807, 2.05) is 19.2 Å². The lowest BCUT2D eigenvalue weighted by Gasteiger charge is -2.30. The zero-order valence-corrected chi connectivity index (χ0v) is 14.2. The van der Waals surface area contributed by atoms with Crippen molar-refractivity contribution < 1.29 is 0 Å². The van der Waals surface area contributed by atoms with Crippen LogP contribution in [-0.2, 0) is 0 Å². The summed E-state index contributed by atoms with van der Waals surface area (Å²) in [6.45, 7) is 4.77. The molecule has 2 rings (SSSR count). The smallest absolute Gasteiger partial charge is 0.0409 e. The van der Waals surface area contributed by atoms with Crippen molar-refractivity contribution in [2.45, 2.75) is 57.5 Å². The fourth-order valence-electron chi connectivity index (χ4n) is 3.49. The van der Waals surface area contributed by atoms with Gasteiger partial charge in [0, 0.05) is 23.7 Å². The molecule has 1 aliphatic rings. The van der Waals surface area contributed by atoms with Gasteiger partial charge in [-0.3, -0.25) is 0 Å². The highest BCUT2D eigenvalue weighted by atomic mass is 35.5. The molecule has 0 aliphatic carbocycles. The summed E-state index contributed by atoms with van der Waals surface area (Å²) in [4.78, 5) is 2.71. The minimum atomic E-state index is 0.393. The Morgan fingerprint density at radius 3 is 2.90 bits per heavy atom. The van der Waals surface area contributed by atoms with E-state index in [-0.39, 0.29) is 0 Å². The number of hydrogen-bond acceptors (Lipinski definition) is 2. The summed E-state index contributed by atoms with van der Waals surface area (Å²) < 4.78 is 0. The summed E-state index contributed by atoms with van der Waals surface area (Å²) in [6.07, 6.45) is 7.96. The molecular weight excluding hydrogens is 280 g/mol. The summed E-state index contributed by atoms with van der Waals surface area (Å²) in [6, 6.07) is 9.42. The second-order valence-corrected chi connectivity index (χ2v) is 6.57. The van der Waals surface area contributed by atoms with E-state index >= 15 is 0 Å². The number of hydrogen-bond donors (Lipinski definition) is 1. The Morgan fingerprint density at radius 1 is 1.33 bits per heavy atom. The minimum Gasteiger partial charge on any atom is -0.313 e. The molecule has 2 atom stereocenters. The molecule has 118 valence electrons. The van der Waals surface area contributed by atoms with Crippen LogP contribution >= 0.6 is 11.6 Å². The van der Waals surface area contributed by atoms with Crippen LogP contribution in [0.25, 0.3) is 0 Å². The van der Waals surface area contributed by atoms with Gasteiger partial charge in [-0.25, -0.2) is 0 Å². The molecule has 0 saturated carbocycles. The van der Waals surface area contributed by atoms with Crippen LogP contribution < -0.4 is 5.32 Å². The zero-order valence-electron chi connectivity index (χ0n) is 13.4. The second-order valence-electron chi connectivity index (χ2n) is 6.13. The maximum Gasteiger partial charge on any atom is 0.0409 e. The SMILES string of the molecule is CCC1CCCCCN1CCC(NC)c1cccc(Cl)c1. The van der Waals surface area contributed by atoms with E-state index < -0.39 is 0 Å². The first-order chi connectivity index (χ1) is 10.2. The molecule has 2 unspecified atom stereocenters. The van der Waals surface area contributed by atoms with E-state index in [2.05, 4.69) is 29.3 Å². The number of nitrogens with one attached hydrogen (secondary N) is 1. The number of rotatable bonds is 6. The molecular formula is C18H29ClN2. The van der Waals surface area contributed by atoms with Crippen LogP contribution in [0.2, 0.25) is 5.02 Å². The van der Waals surface area contributed by atoms with Gasteiger partial charge >= 0.3 is 0 Å². The first kappa shape index (κ1) is 16.8. The molecule has 1 aromatic carbocycles. The third kappa shape index (κ3) is 4.98. The van der Waals surface area contributed by atoms with Crippen LogP contribution in [0.15, 0.2) is 24.3 Å². The fourth-order valence-corrected chi connectivity index (χ4v) is 3.69. The maximum atomic E-state index is 6.12. The largest absolute Gasteiger partial charge is 0.313 e. The van der Waals surface area contributed by atoms with Crippen LogP contribution in [0.5, 0.6) is 0 Å². The molecule has 1 aromatic rings. The van der Waals surface area contributed by atoms with Crippen molar-refractivity contribution >= 4 is 11.6 Å². The average molecular weight is 309 g/mol. The third-order valence-electron chi connectivity index (χ3n) is 4.77. The van der Waals surface area contributed by atoms with Crippen molar-refractivity contribution in [3.63, 3.8) is 0 Å². The van der Waals surface area contributed by atoms with Gasteiger partial charge in [-0.2, -0.15) is 0 Å². The van der Waals surface area contributed by atoms with Gasteiger partial charge in [-0.15, -0.1) is 0 Å². The highest BCUT2D eigenvalue weighted by molar-refractivity contribution is 6.30. The Bertz CT molecular complexity index is 421. The molecule has 3 heteroatoms. The third-order valence-corrected chi connectivity index (χ3v) is 5.01. The van der Waals surface area contributed by atoms with Crippen molar-refractivity contribution in [2.24, 2.45) is 0 Å². The molecule has 1 aliphatic heterocycles. The zero-order chi connectivity index (χ0) is 15.1. The van der Waals surface area contributed by atoms with Crippen molar-refractivity contribution in [3.05, 3.63) is 34.9 Å². The van der Waals surface area contributed by atoms with Gasteiger partial charge in [0.1, 0.15) is 0 Å². The van der Waals surface area contributed by atoms with Crippen molar-refractivity contribution in [1.29, 1.82) is 0 Å². The highest BCUT2D eigenvalue weighted by Crippen LogP contribution is 2.23. The number of nitrogens with zero attached hydrogens (tertiary/aromatic N) is 1. The molecule has 0 aromatic heterocycles. The predicted octanol–water partition coefficient (Wildman–Crippen LogP) is 4.65. The van der Waals surface area contributed by atoms with Crippen LogP contribution in [0, 0.1) is 0 Å². The van der Waals surface area contributed by atoms with E-state index in [1.54, 1.807) is 0 Å². The Labute approximate surface area is 134 Å². The molecule has 2 nitrogen and oxygen atoms in total. The summed E-state index contributed by atoms with van der Waals surface area (Å²) in [5, 5.41) is 4.28. The van der Waals surface area contributed by atoms with Crippen LogP contribution in [-0.4, -0.2) is 31.1 Å². The summed E-state index contributed by atoms with van der Waals surface area (Å²) >= 11 is 6.12. The van der Waals surface area contributed by atoms with Crippen molar-refractivity contribution in [1.82, 2.24) is 10.2 Å². The molecule has 0 bridgehead atoms. The van der Waals surface area contributed by atoms with Crippen LogP contribution in [0.1, 0.15) is 57.1 Å². The molecule has 1 saturated heterocycles. The molecule has 1 N–H and O–H groups in total. The summed E-state index contributed by atoms with van der Waals surface area (Å²) in [5.41, 5.74) is 1.30. The highest BCUT2D eigenvalue weighted by Gasteiger charge is 2.20. The molecule has 1 heterocycles. The second kappa shape index (κ2) is 8.77. The Hall–Kier alpha value is -0.570. The quantitative estimate of drug-likeness (QED) is 0.823. The summed E-state index contributed by atoms with van der Waals surface area (Å²) in [5.74, 6) is 0. The topological polar surface area (TPSA) is 15.3 Å². The van der Waals surface area contributed by atoms with E-state index in [0.717, 1.165) is 17.5 Å². The minimum absolute atomic E-state index is 0.393. The first-order valence-electron chi connectivity index (χ1n) is 8.41. The van der Waals surface area contributed by atoms with Gasteiger partial charge < -0.3 is 10.2 Å². The van der Waals surface area contributed by atoms with Gasteiger partial charge in [-0.05, 0) is 57.0 Å². The van der Waals surface area contributed by atoms with Gasteiger partial charge in [0.15, 0.2) is 0 Å². The Morgan fingerprint density at radius 2 is 2.19 bits per heavy atom. The van der Waals surface area contributed by atoms with Gasteiger partial charge in [0.2, 0.25) is 0 Å². The van der Waals surface area contributed by atoms with E-state index in [0.29, 0.717) is 6.04 Å². The lowest BCUT2D eigenvalue weighted by Crippen LogP contribution is -2.36. The van der Waals surface area contributed by atoms with Crippen molar-refractivity contribution in [2.75, 3.05) is 20.1 Å². The fraction of sp³-hybridized carbons (Fsp3) is 0.667. The molecule has 0 radical (unpaired) electrons. The monoisotopic (exact) mass is 308 g/mol. The van der Waals surface area contributed by atoms with E-state index in [1.165, 1.54) is 50.8 Å². The number of benzene rings is 1. The van der Waals surface area contributed by atoms with E-state index in [4.69, 9.17) is 11.6 Å². The first-order valence-corrected chi connectivity index (χ1v) is 8.79. The van der Waals surface area contributed by atoms with Gasteiger partial charge in [-0.1, -0.05) is 43.5 Å². The lowest BCUT2D eigenvalue weighted by molar-refractivity contribution is 0.185. The maximum absolute atomic E-state index is 6.12. The average Bonchev–Trinajstić information content (AvgIpc) is 2.73. The molecule has 0 spiro atoms. The van der Waals surface area contributed by atoms with Gasteiger partial charge in [0.05, 0.1) is 0 Å². The van der Waals surface area contributed by atoms with Crippen LogP contribution in [0.3, 0.4) is 0 Å². The van der Waals surface area contributed by atoms with Crippen molar-refractivity contribution in [3.8, 4) is 0 Å². The summed E-state index contributed by atoms with van der Waals surface area (Å²) in [7, 11) is 2.05. The number of likely N-dealkylation sites (tertiary alicyclic amines) is 1. The van der Waals surface area contributed by atoms with Gasteiger partial charge in [0.25, 0.3) is 0 Å². The molecule has 0 amide bonds. The molecule has 21 heavy (non-hydrogen) atoms.